The Balaban J connectivity index is 1.42. The fourth-order valence-electron chi connectivity index (χ4n) is 2.86. The average molecular weight is 335 g/mol. The maximum absolute atomic E-state index is 4.54. The minimum Gasteiger partial charge on any atom is -0.260 e. The van der Waals surface area contributed by atoms with E-state index >= 15 is 0 Å². The lowest BCUT2D eigenvalue weighted by Gasteiger charge is -2.03. The van der Waals surface area contributed by atoms with Crippen molar-refractivity contribution in [2.45, 2.75) is 0 Å². The summed E-state index contributed by atoms with van der Waals surface area (Å²) in [4.78, 5) is 9.05. The van der Waals surface area contributed by atoms with Crippen LogP contribution in [-0.2, 0) is 0 Å². The molecule has 0 heterocycles. The fraction of sp³-hybridized carbons (Fsp3) is 0.0833. The number of hydrogen-bond donors (Lipinski definition) is 0. The van der Waals surface area contributed by atoms with E-state index in [1.807, 2.05) is 48.9 Å². The SMILES string of the molecule is [C+]1=CC=CC1C=Nc1ccc(-c2ccc(N=CC3C=CC=C3)cc2)cc1. The molecule has 124 valence electrons. The highest BCUT2D eigenvalue weighted by atomic mass is 14.7. The molecule has 0 saturated carbocycles. The van der Waals surface area contributed by atoms with Crippen LogP contribution in [0.25, 0.3) is 11.1 Å². The summed E-state index contributed by atoms with van der Waals surface area (Å²) in [7, 11) is 0. The van der Waals surface area contributed by atoms with E-state index in [2.05, 4.69) is 70.7 Å². The number of nitrogens with zero attached hydrogens (tertiary/aromatic N) is 2. The zero-order valence-corrected chi connectivity index (χ0v) is 14.4. The van der Waals surface area contributed by atoms with Crippen LogP contribution in [0.3, 0.4) is 0 Å². The van der Waals surface area contributed by atoms with E-state index in [0.29, 0.717) is 5.92 Å². The number of allylic oxidation sites excluding steroid dienone is 8. The van der Waals surface area contributed by atoms with Gasteiger partial charge in [-0.05, 0) is 35.4 Å². The minimum absolute atomic E-state index is 0.193. The molecule has 26 heavy (non-hydrogen) atoms. The Hall–Kier alpha value is -3.35. The van der Waals surface area contributed by atoms with Gasteiger partial charge in [-0.1, -0.05) is 48.6 Å². The molecule has 0 bridgehead atoms. The first-order valence-corrected chi connectivity index (χ1v) is 8.77. The van der Waals surface area contributed by atoms with E-state index in [1.54, 1.807) is 0 Å². The minimum atomic E-state index is 0.193. The number of hydrogen-bond acceptors (Lipinski definition) is 2. The molecule has 0 fully saturated rings. The van der Waals surface area contributed by atoms with Gasteiger partial charge in [-0.15, -0.1) is 0 Å². The van der Waals surface area contributed by atoms with Crippen molar-refractivity contribution in [2.24, 2.45) is 21.8 Å². The van der Waals surface area contributed by atoms with Gasteiger partial charge in [-0.2, -0.15) is 0 Å². The summed E-state index contributed by atoms with van der Waals surface area (Å²) in [6.45, 7) is 0. The van der Waals surface area contributed by atoms with Crippen LogP contribution >= 0.6 is 0 Å². The highest BCUT2D eigenvalue weighted by molar-refractivity contribution is 5.74. The highest BCUT2D eigenvalue weighted by Gasteiger charge is 2.09. The van der Waals surface area contributed by atoms with Gasteiger partial charge in [-0.25, -0.2) is 0 Å². The predicted octanol–water partition coefficient (Wildman–Crippen LogP) is 6.05. The number of benzene rings is 2. The van der Waals surface area contributed by atoms with E-state index in [0.717, 1.165) is 11.4 Å². The van der Waals surface area contributed by atoms with Gasteiger partial charge in [0, 0.05) is 24.4 Å². The molecule has 0 spiro atoms. The van der Waals surface area contributed by atoms with Gasteiger partial charge < -0.3 is 0 Å². The van der Waals surface area contributed by atoms with Crippen molar-refractivity contribution < 1.29 is 0 Å². The maximum Gasteiger partial charge on any atom is 0.168 e. The van der Waals surface area contributed by atoms with Crippen molar-refractivity contribution in [3.8, 4) is 11.1 Å². The van der Waals surface area contributed by atoms with E-state index in [-0.39, 0.29) is 5.92 Å². The first-order valence-electron chi connectivity index (χ1n) is 8.77. The summed E-state index contributed by atoms with van der Waals surface area (Å²) in [5, 5.41) is 0. The van der Waals surface area contributed by atoms with Crippen LogP contribution < -0.4 is 0 Å². The van der Waals surface area contributed by atoms with Gasteiger partial charge in [-0.3, -0.25) is 9.98 Å². The highest BCUT2D eigenvalue weighted by Crippen LogP contribution is 2.25. The number of aliphatic imine (C=N–C) groups is 2. The molecule has 2 nitrogen and oxygen atoms in total. The predicted molar refractivity (Wildman–Crippen MR) is 110 cm³/mol. The van der Waals surface area contributed by atoms with Crippen LogP contribution in [0.2, 0.25) is 0 Å². The number of rotatable bonds is 5. The molecule has 0 aliphatic heterocycles. The van der Waals surface area contributed by atoms with Gasteiger partial charge in [0.25, 0.3) is 0 Å². The molecule has 2 aromatic carbocycles. The lowest BCUT2D eigenvalue weighted by atomic mass is 10.1. The van der Waals surface area contributed by atoms with E-state index < -0.39 is 0 Å². The summed E-state index contributed by atoms with van der Waals surface area (Å²) in [5.74, 6) is 0.508. The van der Waals surface area contributed by atoms with Crippen LogP contribution in [0.15, 0.2) is 101 Å². The van der Waals surface area contributed by atoms with E-state index in [1.165, 1.54) is 11.1 Å². The molecule has 2 aromatic rings. The van der Waals surface area contributed by atoms with Gasteiger partial charge in [0.05, 0.1) is 23.5 Å². The third-order valence-electron chi connectivity index (χ3n) is 4.33. The Morgan fingerprint density at radius 1 is 0.654 bits per heavy atom. The van der Waals surface area contributed by atoms with Gasteiger partial charge >= 0.3 is 0 Å². The van der Waals surface area contributed by atoms with Gasteiger partial charge in [0.1, 0.15) is 0 Å². The van der Waals surface area contributed by atoms with Crippen molar-refractivity contribution in [3.63, 3.8) is 0 Å². The average Bonchev–Trinajstić information content (AvgIpc) is 3.40. The van der Waals surface area contributed by atoms with Crippen molar-refractivity contribution in [2.75, 3.05) is 0 Å². The Kier molecular flexibility index (Phi) is 4.77. The Morgan fingerprint density at radius 2 is 1.23 bits per heavy atom. The summed E-state index contributed by atoms with van der Waals surface area (Å²) in [6, 6.07) is 16.6. The first-order chi connectivity index (χ1) is 12.9. The molecule has 0 aromatic heterocycles. The van der Waals surface area contributed by atoms with E-state index in [4.69, 9.17) is 0 Å². The smallest absolute Gasteiger partial charge is 0.168 e. The maximum atomic E-state index is 4.54. The Labute approximate surface area is 154 Å². The van der Waals surface area contributed by atoms with Gasteiger partial charge in [0.15, 0.2) is 12.0 Å². The molecule has 1 unspecified atom stereocenters. The zero-order chi connectivity index (χ0) is 17.6. The second-order valence-electron chi connectivity index (χ2n) is 6.24. The monoisotopic (exact) mass is 335 g/mol. The second kappa shape index (κ2) is 7.69. The molecule has 2 heteroatoms. The largest absolute Gasteiger partial charge is 0.260 e. The summed E-state index contributed by atoms with van der Waals surface area (Å²) < 4.78 is 0. The molecule has 1 atom stereocenters. The summed E-state index contributed by atoms with van der Waals surface area (Å²) >= 11 is 0. The summed E-state index contributed by atoms with van der Waals surface area (Å²) in [6.07, 6.45) is 21.4. The lowest BCUT2D eigenvalue weighted by Crippen LogP contribution is -1.89. The molecule has 0 N–H and O–H groups in total. The van der Waals surface area contributed by atoms with Crippen molar-refractivity contribution in [1.29, 1.82) is 0 Å². The Bertz CT molecular complexity index is 820. The molecule has 0 radical (unpaired) electrons. The Morgan fingerprint density at radius 3 is 1.77 bits per heavy atom. The van der Waals surface area contributed by atoms with Crippen molar-refractivity contribution in [1.82, 2.24) is 0 Å². The molecule has 0 saturated heterocycles. The van der Waals surface area contributed by atoms with Crippen LogP contribution in [0.4, 0.5) is 11.4 Å². The third-order valence-corrected chi connectivity index (χ3v) is 4.33. The van der Waals surface area contributed by atoms with Crippen LogP contribution in [0.5, 0.6) is 0 Å². The fourth-order valence-corrected chi connectivity index (χ4v) is 2.86. The normalized spacial score (nSPS) is 18.5. The molecule has 2 aliphatic rings. The molecular formula is C24H19N2+. The van der Waals surface area contributed by atoms with E-state index in [9.17, 15) is 0 Å². The molecule has 4 rings (SSSR count). The quantitative estimate of drug-likeness (QED) is 0.470. The second-order valence-corrected chi connectivity index (χ2v) is 6.24. The van der Waals surface area contributed by atoms with Crippen molar-refractivity contribution in [3.05, 3.63) is 97.1 Å². The molecule has 2 aliphatic carbocycles. The summed E-state index contributed by atoms with van der Waals surface area (Å²) in [5.41, 5.74) is 4.27. The topological polar surface area (TPSA) is 24.7 Å². The van der Waals surface area contributed by atoms with Crippen LogP contribution in [0.1, 0.15) is 0 Å². The van der Waals surface area contributed by atoms with Crippen molar-refractivity contribution >= 4 is 23.8 Å². The molecular weight excluding hydrogens is 316 g/mol. The third kappa shape index (κ3) is 4.00. The van der Waals surface area contributed by atoms with Crippen LogP contribution in [-0.4, -0.2) is 12.4 Å². The van der Waals surface area contributed by atoms with Gasteiger partial charge in [0.2, 0.25) is 0 Å². The van der Waals surface area contributed by atoms with Crippen LogP contribution in [0, 0.1) is 17.9 Å². The lowest BCUT2D eigenvalue weighted by molar-refractivity contribution is 1.16. The zero-order valence-electron chi connectivity index (χ0n) is 14.4. The first kappa shape index (κ1) is 16.1. The molecule has 0 amide bonds. The standard InChI is InChI=1S/C24H19N2/c1-2-6-19(5-1)17-25-23-13-9-21(10-14-23)22-11-15-24(16-12-22)26-18-20-7-3-4-8-20/h1-7,9-20H/q+1.